The van der Waals surface area contributed by atoms with Gasteiger partial charge in [-0.1, -0.05) is 30.3 Å². The Morgan fingerprint density at radius 1 is 1.20 bits per heavy atom. The first-order chi connectivity index (χ1) is 9.63. The molecule has 6 nitrogen and oxygen atoms in total. The van der Waals surface area contributed by atoms with Crippen LogP contribution in [0, 0.1) is 0 Å². The second-order valence-electron chi connectivity index (χ2n) is 4.35. The average molecular weight is 273 g/mol. The minimum Gasteiger partial charge on any atom is -0.481 e. The fourth-order valence-electron chi connectivity index (χ4n) is 1.73. The number of rotatable bonds is 6. The molecule has 2 aromatic rings. The number of aliphatic carboxylic acids is 1. The maximum atomic E-state index is 11.5. The minimum atomic E-state index is -0.986. The number of hydrogen-bond donors (Lipinski definition) is 2. The van der Waals surface area contributed by atoms with Gasteiger partial charge in [-0.25, -0.2) is 0 Å². The van der Waals surface area contributed by atoms with Gasteiger partial charge in [0.2, 0.25) is 5.91 Å². The van der Waals surface area contributed by atoms with E-state index in [1.807, 2.05) is 30.3 Å². The van der Waals surface area contributed by atoms with Gasteiger partial charge in [-0.15, -0.1) is 0 Å². The van der Waals surface area contributed by atoms with Crippen LogP contribution in [0.3, 0.4) is 0 Å². The quantitative estimate of drug-likeness (QED) is 0.839. The lowest BCUT2D eigenvalue weighted by molar-refractivity contribution is -0.138. The molecule has 0 bridgehead atoms. The van der Waals surface area contributed by atoms with Crippen LogP contribution in [0.1, 0.15) is 18.4 Å². The van der Waals surface area contributed by atoms with Gasteiger partial charge in [0, 0.05) is 12.6 Å². The summed E-state index contributed by atoms with van der Waals surface area (Å²) < 4.78 is 1.71. The monoisotopic (exact) mass is 273 g/mol. The van der Waals surface area contributed by atoms with Crippen molar-refractivity contribution in [1.29, 1.82) is 0 Å². The van der Waals surface area contributed by atoms with Gasteiger partial charge in [-0.2, -0.15) is 5.10 Å². The highest BCUT2D eigenvalue weighted by molar-refractivity contribution is 5.92. The summed E-state index contributed by atoms with van der Waals surface area (Å²) in [5, 5.41) is 15.3. The summed E-state index contributed by atoms with van der Waals surface area (Å²) in [5.74, 6) is -1.31. The van der Waals surface area contributed by atoms with Crippen molar-refractivity contribution in [3.8, 4) is 0 Å². The highest BCUT2D eigenvalue weighted by atomic mass is 16.4. The van der Waals surface area contributed by atoms with Crippen molar-refractivity contribution in [2.24, 2.45) is 0 Å². The maximum Gasteiger partial charge on any atom is 0.303 e. The van der Waals surface area contributed by atoms with E-state index in [0.29, 0.717) is 12.2 Å². The number of nitrogens with zero attached hydrogens (tertiary/aromatic N) is 2. The fraction of sp³-hybridized carbons (Fsp3) is 0.214. The van der Waals surface area contributed by atoms with Crippen LogP contribution in [0.25, 0.3) is 0 Å². The van der Waals surface area contributed by atoms with Crippen molar-refractivity contribution in [3.63, 3.8) is 0 Å². The van der Waals surface area contributed by atoms with E-state index in [2.05, 4.69) is 10.4 Å². The van der Waals surface area contributed by atoms with Gasteiger partial charge in [0.25, 0.3) is 0 Å². The molecule has 1 aromatic carbocycles. The third kappa shape index (κ3) is 4.24. The van der Waals surface area contributed by atoms with E-state index in [0.717, 1.165) is 5.56 Å². The Morgan fingerprint density at radius 2 is 1.95 bits per heavy atom. The Labute approximate surface area is 116 Å². The Morgan fingerprint density at radius 3 is 2.65 bits per heavy atom. The van der Waals surface area contributed by atoms with E-state index in [1.165, 1.54) is 0 Å². The molecular weight excluding hydrogens is 258 g/mol. The number of nitrogens with one attached hydrogen (secondary N) is 1. The topological polar surface area (TPSA) is 84.2 Å². The van der Waals surface area contributed by atoms with Crippen LogP contribution in [0.2, 0.25) is 0 Å². The SMILES string of the molecule is O=C(O)CCC(=O)Nc1cnn(Cc2ccccc2)c1. The molecule has 0 aliphatic rings. The summed E-state index contributed by atoms with van der Waals surface area (Å²) in [5.41, 5.74) is 1.68. The lowest BCUT2D eigenvalue weighted by atomic mass is 10.2. The van der Waals surface area contributed by atoms with Crippen LogP contribution in [-0.4, -0.2) is 26.8 Å². The lowest BCUT2D eigenvalue weighted by Crippen LogP contribution is -2.12. The Bertz CT molecular complexity index is 593. The summed E-state index contributed by atoms with van der Waals surface area (Å²) in [6.45, 7) is 0.617. The normalized spacial score (nSPS) is 10.2. The predicted octanol–water partition coefficient (Wildman–Crippen LogP) is 1.73. The number of carboxylic acids is 1. The number of hydrogen-bond acceptors (Lipinski definition) is 3. The molecule has 0 fully saturated rings. The molecule has 2 N–H and O–H groups in total. The largest absolute Gasteiger partial charge is 0.481 e. The molecule has 104 valence electrons. The molecule has 1 aromatic heterocycles. The number of carbonyl (C=O) groups excluding carboxylic acids is 1. The number of carbonyl (C=O) groups is 2. The van der Waals surface area contributed by atoms with Crippen LogP contribution in [0.4, 0.5) is 5.69 Å². The summed E-state index contributed by atoms with van der Waals surface area (Å²) in [7, 11) is 0. The minimum absolute atomic E-state index is 0.0425. The van der Waals surface area contributed by atoms with E-state index < -0.39 is 5.97 Å². The number of benzene rings is 1. The van der Waals surface area contributed by atoms with Crippen molar-refractivity contribution >= 4 is 17.6 Å². The Balaban J connectivity index is 1.89. The van der Waals surface area contributed by atoms with E-state index >= 15 is 0 Å². The first kappa shape index (κ1) is 13.8. The van der Waals surface area contributed by atoms with Crippen LogP contribution < -0.4 is 5.32 Å². The van der Waals surface area contributed by atoms with E-state index in [9.17, 15) is 9.59 Å². The predicted molar refractivity (Wildman–Crippen MR) is 73.3 cm³/mol. The molecule has 0 atom stereocenters. The molecule has 2 rings (SSSR count). The first-order valence-corrected chi connectivity index (χ1v) is 6.21. The number of anilines is 1. The summed E-state index contributed by atoms with van der Waals surface area (Å²) >= 11 is 0. The van der Waals surface area contributed by atoms with Crippen LogP contribution >= 0.6 is 0 Å². The molecule has 0 saturated heterocycles. The third-order valence-corrected chi connectivity index (χ3v) is 2.67. The van der Waals surface area contributed by atoms with Gasteiger partial charge in [-0.3, -0.25) is 14.3 Å². The molecule has 0 aliphatic carbocycles. The highest BCUT2D eigenvalue weighted by Crippen LogP contribution is 2.08. The van der Waals surface area contributed by atoms with Crippen molar-refractivity contribution < 1.29 is 14.7 Å². The van der Waals surface area contributed by atoms with Crippen molar-refractivity contribution in [2.75, 3.05) is 5.32 Å². The highest BCUT2D eigenvalue weighted by Gasteiger charge is 2.07. The second kappa shape index (κ2) is 6.51. The third-order valence-electron chi connectivity index (χ3n) is 2.67. The van der Waals surface area contributed by atoms with E-state index in [4.69, 9.17) is 5.11 Å². The Kier molecular flexibility index (Phi) is 4.49. The summed E-state index contributed by atoms with van der Waals surface area (Å²) in [4.78, 5) is 21.8. The van der Waals surface area contributed by atoms with Gasteiger partial charge in [0.05, 0.1) is 24.8 Å². The molecule has 0 radical (unpaired) electrons. The van der Waals surface area contributed by atoms with Gasteiger partial charge in [0.15, 0.2) is 0 Å². The van der Waals surface area contributed by atoms with Gasteiger partial charge >= 0.3 is 5.97 Å². The van der Waals surface area contributed by atoms with Crippen molar-refractivity contribution in [1.82, 2.24) is 9.78 Å². The zero-order valence-electron chi connectivity index (χ0n) is 10.8. The Hall–Kier alpha value is -2.63. The average Bonchev–Trinajstić information content (AvgIpc) is 2.85. The summed E-state index contributed by atoms with van der Waals surface area (Å²) in [6, 6.07) is 9.83. The molecule has 0 saturated carbocycles. The molecule has 1 amide bonds. The second-order valence-corrected chi connectivity index (χ2v) is 4.35. The number of carboxylic acid groups (broad SMARTS) is 1. The van der Waals surface area contributed by atoms with E-state index in [1.54, 1.807) is 17.1 Å². The molecule has 6 heteroatoms. The number of aromatic nitrogens is 2. The lowest BCUT2D eigenvalue weighted by Gasteiger charge is -2.01. The number of amides is 1. The van der Waals surface area contributed by atoms with Crippen LogP contribution in [-0.2, 0) is 16.1 Å². The maximum absolute atomic E-state index is 11.5. The molecule has 20 heavy (non-hydrogen) atoms. The van der Waals surface area contributed by atoms with Gasteiger partial charge in [0.1, 0.15) is 0 Å². The fourth-order valence-corrected chi connectivity index (χ4v) is 1.73. The van der Waals surface area contributed by atoms with Crippen molar-refractivity contribution in [3.05, 3.63) is 48.3 Å². The van der Waals surface area contributed by atoms with Gasteiger partial charge in [-0.05, 0) is 5.56 Å². The molecule has 0 aliphatic heterocycles. The molecular formula is C14H15N3O3. The molecule has 0 unspecified atom stereocenters. The summed E-state index contributed by atoms with van der Waals surface area (Å²) in [6.07, 6.45) is 3.04. The smallest absolute Gasteiger partial charge is 0.303 e. The first-order valence-electron chi connectivity index (χ1n) is 6.21. The van der Waals surface area contributed by atoms with Crippen LogP contribution in [0.15, 0.2) is 42.7 Å². The van der Waals surface area contributed by atoms with Crippen LogP contribution in [0.5, 0.6) is 0 Å². The zero-order valence-corrected chi connectivity index (χ0v) is 10.8. The van der Waals surface area contributed by atoms with Crippen molar-refractivity contribution in [2.45, 2.75) is 19.4 Å². The van der Waals surface area contributed by atoms with Gasteiger partial charge < -0.3 is 10.4 Å². The standard InChI is InChI=1S/C14H15N3O3/c18-13(6-7-14(19)20)16-12-8-15-17(10-12)9-11-4-2-1-3-5-11/h1-5,8,10H,6-7,9H2,(H,16,18)(H,19,20). The zero-order chi connectivity index (χ0) is 14.4. The molecule has 1 heterocycles. The van der Waals surface area contributed by atoms with E-state index in [-0.39, 0.29) is 18.7 Å². The molecule has 0 spiro atoms.